The van der Waals surface area contributed by atoms with Gasteiger partial charge in [-0.3, -0.25) is 0 Å². The monoisotopic (exact) mass is 386 g/mol. The Hall–Kier alpha value is -2.55. The third-order valence-corrected chi connectivity index (χ3v) is 4.04. The number of allylic oxidation sites excluding steroid dienone is 1. The van der Waals surface area contributed by atoms with Crippen molar-refractivity contribution in [2.75, 3.05) is 11.9 Å². The van der Waals surface area contributed by atoms with E-state index in [9.17, 15) is 18.0 Å². The normalized spacial score (nSPS) is 16.9. The Bertz CT molecular complexity index is 875. The van der Waals surface area contributed by atoms with Crippen LogP contribution in [0.25, 0.3) is 0 Å². The molecule has 6 nitrogen and oxygen atoms in total. The second kappa shape index (κ2) is 6.64. The number of ether oxygens (including phenoxy) is 1. The Labute approximate surface area is 151 Å². The quantitative estimate of drug-likeness (QED) is 0.812. The van der Waals surface area contributed by atoms with Crippen molar-refractivity contribution < 1.29 is 22.7 Å². The number of fused-ring (bicyclic) bond motifs is 1. The van der Waals surface area contributed by atoms with Crippen molar-refractivity contribution in [3.05, 3.63) is 51.9 Å². The number of hydrogen-bond donors (Lipinski definition) is 1. The van der Waals surface area contributed by atoms with Crippen LogP contribution in [-0.2, 0) is 15.7 Å². The van der Waals surface area contributed by atoms with Crippen LogP contribution in [0, 0.1) is 0 Å². The fraction of sp³-hybridized carbons (Fsp3) is 0.312. The lowest BCUT2D eigenvalue weighted by Crippen LogP contribution is -2.29. The Balaban J connectivity index is 2.17. The van der Waals surface area contributed by atoms with Gasteiger partial charge in [-0.05, 0) is 31.5 Å². The van der Waals surface area contributed by atoms with Gasteiger partial charge >= 0.3 is 12.1 Å². The fourth-order valence-corrected chi connectivity index (χ4v) is 2.82. The van der Waals surface area contributed by atoms with Crippen LogP contribution < -0.4 is 5.32 Å². The molecule has 0 fully saturated rings. The minimum atomic E-state index is -4.71. The molecule has 138 valence electrons. The molecule has 10 heteroatoms. The smallest absolute Gasteiger partial charge is 0.453 e. The van der Waals surface area contributed by atoms with Crippen LogP contribution in [0.5, 0.6) is 0 Å². The number of nitrogens with zero attached hydrogens (tertiary/aromatic N) is 3. The molecule has 26 heavy (non-hydrogen) atoms. The summed E-state index contributed by atoms with van der Waals surface area (Å²) in [5.74, 6) is -2.05. The lowest BCUT2D eigenvalue weighted by molar-refractivity contribution is -0.145. The molecule has 1 N–H and O–H groups in total. The molecule has 3 rings (SSSR count). The molecule has 2 aromatic rings. The van der Waals surface area contributed by atoms with Gasteiger partial charge in [-0.1, -0.05) is 23.7 Å². The Morgan fingerprint density at radius 3 is 2.58 bits per heavy atom. The highest BCUT2D eigenvalue weighted by atomic mass is 35.5. The first-order valence-electron chi connectivity index (χ1n) is 7.66. The number of anilines is 1. The van der Waals surface area contributed by atoms with E-state index in [1.54, 1.807) is 38.1 Å². The van der Waals surface area contributed by atoms with Crippen molar-refractivity contribution in [2.45, 2.75) is 26.1 Å². The number of benzene rings is 1. The van der Waals surface area contributed by atoms with E-state index in [0.717, 1.165) is 4.68 Å². The number of aromatic nitrogens is 3. The highest BCUT2D eigenvalue weighted by molar-refractivity contribution is 6.30. The van der Waals surface area contributed by atoms with Crippen molar-refractivity contribution in [3.8, 4) is 0 Å². The van der Waals surface area contributed by atoms with Crippen LogP contribution in [0.15, 0.2) is 35.5 Å². The van der Waals surface area contributed by atoms with Crippen LogP contribution in [0.4, 0.5) is 19.1 Å². The van der Waals surface area contributed by atoms with Crippen molar-refractivity contribution in [1.29, 1.82) is 0 Å². The van der Waals surface area contributed by atoms with E-state index in [1.807, 2.05) is 0 Å². The van der Waals surface area contributed by atoms with Gasteiger partial charge in [-0.15, -0.1) is 5.10 Å². The van der Waals surface area contributed by atoms with E-state index in [2.05, 4.69) is 15.4 Å². The van der Waals surface area contributed by atoms with Gasteiger partial charge < -0.3 is 10.1 Å². The molecule has 2 heterocycles. The molecule has 0 saturated heterocycles. The predicted octanol–water partition coefficient (Wildman–Crippen LogP) is 3.80. The average Bonchev–Trinajstić information content (AvgIpc) is 2.98. The van der Waals surface area contributed by atoms with Crippen LogP contribution in [0.3, 0.4) is 0 Å². The minimum absolute atomic E-state index is 0.108. The molecule has 1 atom stereocenters. The maximum Gasteiger partial charge on any atom is 0.453 e. The molecule has 1 aliphatic rings. The van der Waals surface area contributed by atoms with Gasteiger partial charge in [0.05, 0.1) is 12.2 Å². The summed E-state index contributed by atoms with van der Waals surface area (Å²) >= 11 is 5.89. The zero-order valence-corrected chi connectivity index (χ0v) is 14.5. The second-order valence-electron chi connectivity index (χ2n) is 5.54. The number of halogens is 4. The van der Waals surface area contributed by atoms with Crippen molar-refractivity contribution in [3.63, 3.8) is 0 Å². The Morgan fingerprint density at radius 1 is 1.35 bits per heavy atom. The largest absolute Gasteiger partial charge is 0.463 e. The molecule has 0 spiro atoms. The maximum absolute atomic E-state index is 13.0. The van der Waals surface area contributed by atoms with E-state index < -0.39 is 24.0 Å². The van der Waals surface area contributed by atoms with E-state index >= 15 is 0 Å². The van der Waals surface area contributed by atoms with Crippen LogP contribution in [0.2, 0.25) is 5.02 Å². The molecule has 0 bridgehead atoms. The molecule has 1 aromatic heterocycles. The highest BCUT2D eigenvalue weighted by Gasteiger charge is 2.41. The van der Waals surface area contributed by atoms with Gasteiger partial charge in [0, 0.05) is 10.7 Å². The van der Waals surface area contributed by atoms with Crippen LogP contribution in [-0.4, -0.2) is 27.3 Å². The summed E-state index contributed by atoms with van der Waals surface area (Å²) in [6, 6.07) is 5.47. The topological polar surface area (TPSA) is 69.0 Å². The molecule has 1 aliphatic heterocycles. The Morgan fingerprint density at radius 2 is 2.00 bits per heavy atom. The van der Waals surface area contributed by atoms with Crippen molar-refractivity contribution in [1.82, 2.24) is 14.8 Å². The number of carbonyl (C=O) groups is 1. The second-order valence-corrected chi connectivity index (χ2v) is 5.98. The third kappa shape index (κ3) is 3.26. The van der Waals surface area contributed by atoms with E-state index in [-0.39, 0.29) is 18.1 Å². The van der Waals surface area contributed by atoms with E-state index in [0.29, 0.717) is 16.3 Å². The number of nitrogens with one attached hydrogen (secondary N) is 1. The Kier molecular flexibility index (Phi) is 4.66. The lowest BCUT2D eigenvalue weighted by Gasteiger charge is -2.28. The summed E-state index contributed by atoms with van der Waals surface area (Å²) in [5.41, 5.74) is 1.02. The minimum Gasteiger partial charge on any atom is -0.463 e. The van der Waals surface area contributed by atoms with Crippen LogP contribution >= 0.6 is 11.6 Å². The zero-order chi connectivity index (χ0) is 19.1. The molecule has 0 radical (unpaired) electrons. The first-order valence-corrected chi connectivity index (χ1v) is 8.04. The average molecular weight is 387 g/mol. The first kappa shape index (κ1) is 18.2. The molecular formula is C16H14ClF3N4O2. The number of hydrogen-bond acceptors (Lipinski definition) is 5. The van der Waals surface area contributed by atoms with Gasteiger partial charge in [0.1, 0.15) is 6.04 Å². The molecule has 0 saturated carbocycles. The summed E-state index contributed by atoms with van der Waals surface area (Å²) in [6.45, 7) is 3.34. The summed E-state index contributed by atoms with van der Waals surface area (Å²) in [6.07, 6.45) is -4.71. The third-order valence-electron chi connectivity index (χ3n) is 3.79. The van der Waals surface area contributed by atoms with E-state index in [1.165, 1.54) is 0 Å². The zero-order valence-electron chi connectivity index (χ0n) is 13.8. The van der Waals surface area contributed by atoms with Crippen molar-refractivity contribution in [2.24, 2.45) is 0 Å². The molecular weight excluding hydrogens is 373 g/mol. The standard InChI is InChI=1S/C16H14ClF3N4O2/c1-3-26-13(25)11-8(2)21-15-22-14(16(18,19)20)23-24(15)12(11)9-4-6-10(17)7-5-9/h4-7,12H,3H2,1-2H3,(H,21,22,23). The molecule has 1 aromatic carbocycles. The summed E-state index contributed by atoms with van der Waals surface area (Å²) in [5, 5.41) is 6.72. The number of carbonyl (C=O) groups excluding carboxylic acids is 1. The number of alkyl halides is 3. The van der Waals surface area contributed by atoms with Gasteiger partial charge in [-0.25, -0.2) is 9.48 Å². The summed E-state index contributed by atoms with van der Waals surface area (Å²) in [4.78, 5) is 16.0. The van der Waals surface area contributed by atoms with Gasteiger partial charge in [0.15, 0.2) is 0 Å². The number of rotatable bonds is 3. The molecule has 0 amide bonds. The molecule has 0 aliphatic carbocycles. The SMILES string of the molecule is CCOC(=O)C1=C(C)Nc2nc(C(F)(F)F)nn2C1c1ccc(Cl)cc1. The predicted molar refractivity (Wildman–Crippen MR) is 87.6 cm³/mol. The van der Waals surface area contributed by atoms with Crippen molar-refractivity contribution >= 4 is 23.5 Å². The summed E-state index contributed by atoms with van der Waals surface area (Å²) in [7, 11) is 0. The summed E-state index contributed by atoms with van der Waals surface area (Å²) < 4.78 is 45.2. The van der Waals surface area contributed by atoms with Gasteiger partial charge in [0.2, 0.25) is 5.95 Å². The maximum atomic E-state index is 13.0. The van der Waals surface area contributed by atoms with Gasteiger partial charge in [-0.2, -0.15) is 18.2 Å². The lowest BCUT2D eigenvalue weighted by atomic mass is 9.96. The van der Waals surface area contributed by atoms with E-state index in [4.69, 9.17) is 16.3 Å². The fourth-order valence-electron chi connectivity index (χ4n) is 2.70. The first-order chi connectivity index (χ1) is 12.2. The van der Waals surface area contributed by atoms with Crippen LogP contribution in [0.1, 0.15) is 31.3 Å². The number of esters is 1. The van der Waals surface area contributed by atoms with Gasteiger partial charge in [0.25, 0.3) is 5.82 Å². The molecule has 1 unspecified atom stereocenters. The highest BCUT2D eigenvalue weighted by Crippen LogP contribution is 2.38.